The number of fused-ring (bicyclic) bond motifs is 1. The molecule has 1 aliphatic heterocycles. The maximum atomic E-state index is 12.6. The highest BCUT2D eigenvalue weighted by atomic mass is 35.5. The maximum Gasteiger partial charge on any atom is 0.251 e. The lowest BCUT2D eigenvalue weighted by Gasteiger charge is -2.21. The van der Waals surface area contributed by atoms with Gasteiger partial charge in [0.2, 0.25) is 10.0 Å². The first-order valence-electron chi connectivity index (χ1n) is 8.96. The molecule has 0 bridgehead atoms. The van der Waals surface area contributed by atoms with Gasteiger partial charge in [0, 0.05) is 38.3 Å². The molecule has 0 radical (unpaired) electrons. The summed E-state index contributed by atoms with van der Waals surface area (Å²) >= 11 is 0. The van der Waals surface area contributed by atoms with Crippen molar-refractivity contribution in [3.05, 3.63) is 64.7 Å². The van der Waals surface area contributed by atoms with Crippen LogP contribution in [0.3, 0.4) is 0 Å². The molecule has 0 atom stereocenters. The van der Waals surface area contributed by atoms with E-state index in [4.69, 9.17) is 0 Å². The lowest BCUT2D eigenvalue weighted by Crippen LogP contribution is -2.33. The van der Waals surface area contributed by atoms with Crippen LogP contribution < -0.4 is 10.6 Å². The third-order valence-corrected chi connectivity index (χ3v) is 6.88. The summed E-state index contributed by atoms with van der Waals surface area (Å²) in [6, 6.07) is 12.2. The number of sulfonamides is 1. The van der Waals surface area contributed by atoms with Crippen molar-refractivity contribution in [3.63, 3.8) is 0 Å². The number of carbonyl (C=O) groups is 1. The van der Waals surface area contributed by atoms with Gasteiger partial charge in [0.15, 0.2) is 0 Å². The van der Waals surface area contributed by atoms with E-state index >= 15 is 0 Å². The number of rotatable bonds is 6. The number of benzene rings is 2. The van der Waals surface area contributed by atoms with Crippen LogP contribution in [0.25, 0.3) is 0 Å². The van der Waals surface area contributed by atoms with Crippen molar-refractivity contribution in [2.45, 2.75) is 44.4 Å². The molecule has 0 unspecified atom stereocenters. The molecule has 152 valence electrons. The smallest absolute Gasteiger partial charge is 0.251 e. The average Bonchev–Trinajstić information content (AvgIpc) is 3.13. The van der Waals surface area contributed by atoms with Crippen molar-refractivity contribution in [2.75, 3.05) is 7.05 Å². The molecule has 1 aliphatic rings. The Morgan fingerprint density at radius 1 is 1.14 bits per heavy atom. The second-order valence-corrected chi connectivity index (χ2v) is 9.03. The van der Waals surface area contributed by atoms with E-state index in [-0.39, 0.29) is 29.3 Å². The van der Waals surface area contributed by atoms with E-state index in [1.165, 1.54) is 34.6 Å². The number of carbonyl (C=O) groups excluding carboxylic acids is 1. The van der Waals surface area contributed by atoms with Gasteiger partial charge in [-0.2, -0.15) is 4.31 Å². The Kier molecular flexibility index (Phi) is 7.22. The fourth-order valence-electron chi connectivity index (χ4n) is 2.98. The minimum absolute atomic E-state index is 0. The number of hydrogen-bond donors (Lipinski definition) is 2. The fraction of sp³-hybridized carbons (Fsp3) is 0.350. The lowest BCUT2D eigenvalue weighted by molar-refractivity contribution is 0.0950. The number of hydrogen-bond acceptors (Lipinski definition) is 4. The van der Waals surface area contributed by atoms with E-state index < -0.39 is 10.0 Å². The monoisotopic (exact) mass is 423 g/mol. The highest BCUT2D eigenvalue weighted by Crippen LogP contribution is 2.19. The van der Waals surface area contributed by atoms with Crippen molar-refractivity contribution in [2.24, 2.45) is 0 Å². The first-order valence-corrected chi connectivity index (χ1v) is 10.4. The quantitative estimate of drug-likeness (QED) is 0.748. The molecule has 2 aromatic rings. The van der Waals surface area contributed by atoms with E-state index in [9.17, 15) is 13.2 Å². The molecule has 2 N–H and O–H groups in total. The molecule has 8 heteroatoms. The number of halogens is 1. The Balaban J connectivity index is 0.00000280. The van der Waals surface area contributed by atoms with Gasteiger partial charge < -0.3 is 10.6 Å². The predicted octanol–water partition coefficient (Wildman–Crippen LogP) is 2.67. The summed E-state index contributed by atoms with van der Waals surface area (Å²) in [6.07, 6.45) is 0. The van der Waals surface area contributed by atoms with E-state index in [0.717, 1.165) is 18.7 Å². The molecular weight excluding hydrogens is 398 g/mol. The molecule has 0 saturated heterocycles. The Morgan fingerprint density at radius 2 is 1.86 bits per heavy atom. The van der Waals surface area contributed by atoms with Gasteiger partial charge in [-0.3, -0.25) is 4.79 Å². The molecule has 28 heavy (non-hydrogen) atoms. The zero-order valence-corrected chi connectivity index (χ0v) is 17.9. The van der Waals surface area contributed by atoms with Crippen molar-refractivity contribution in [3.8, 4) is 0 Å². The SMILES string of the molecule is CC(C)N(C)S(=O)(=O)c1cccc(C(=O)NCc2ccc3c(c2)CNC3)c1.Cl. The van der Waals surface area contributed by atoms with Crippen LogP contribution in [0.2, 0.25) is 0 Å². The second kappa shape index (κ2) is 9.05. The van der Waals surface area contributed by atoms with Crippen molar-refractivity contribution in [1.82, 2.24) is 14.9 Å². The second-order valence-electron chi connectivity index (χ2n) is 7.03. The summed E-state index contributed by atoms with van der Waals surface area (Å²) in [4.78, 5) is 12.6. The van der Waals surface area contributed by atoms with Gasteiger partial charge in [-0.1, -0.05) is 24.3 Å². The summed E-state index contributed by atoms with van der Waals surface area (Å²) in [5, 5.41) is 6.16. The minimum atomic E-state index is -3.62. The normalized spacial score (nSPS) is 13.3. The molecule has 1 amide bonds. The molecule has 2 aromatic carbocycles. The molecule has 0 fully saturated rings. The van der Waals surface area contributed by atoms with Crippen LogP contribution >= 0.6 is 12.4 Å². The predicted molar refractivity (Wildman–Crippen MR) is 112 cm³/mol. The van der Waals surface area contributed by atoms with Gasteiger partial charge in [-0.05, 0) is 48.7 Å². The van der Waals surface area contributed by atoms with Crippen LogP contribution in [0.4, 0.5) is 0 Å². The zero-order valence-electron chi connectivity index (χ0n) is 16.2. The molecule has 0 spiro atoms. The molecule has 0 aromatic heterocycles. The molecule has 0 saturated carbocycles. The van der Waals surface area contributed by atoms with Crippen LogP contribution in [0, 0.1) is 0 Å². The average molecular weight is 424 g/mol. The van der Waals surface area contributed by atoms with Gasteiger partial charge in [-0.25, -0.2) is 8.42 Å². The Bertz CT molecular complexity index is 961. The highest BCUT2D eigenvalue weighted by molar-refractivity contribution is 7.89. The zero-order chi connectivity index (χ0) is 19.6. The minimum Gasteiger partial charge on any atom is -0.348 e. The van der Waals surface area contributed by atoms with Crippen LogP contribution in [0.15, 0.2) is 47.4 Å². The first kappa shape index (κ1) is 22.4. The summed E-state index contributed by atoms with van der Waals surface area (Å²) in [5.41, 5.74) is 3.90. The summed E-state index contributed by atoms with van der Waals surface area (Å²) in [6.45, 7) is 5.74. The summed E-state index contributed by atoms with van der Waals surface area (Å²) < 4.78 is 26.5. The van der Waals surface area contributed by atoms with Crippen molar-refractivity contribution >= 4 is 28.3 Å². The first-order chi connectivity index (χ1) is 12.8. The van der Waals surface area contributed by atoms with E-state index in [1.807, 2.05) is 6.07 Å². The summed E-state index contributed by atoms with van der Waals surface area (Å²) in [7, 11) is -2.08. The van der Waals surface area contributed by atoms with Crippen molar-refractivity contribution < 1.29 is 13.2 Å². The standard InChI is InChI=1S/C20H25N3O3S.ClH/c1-14(2)23(3)27(25,26)19-6-4-5-16(10-19)20(24)22-11-15-7-8-17-12-21-13-18(17)9-15;/h4-10,14,21H,11-13H2,1-3H3,(H,22,24);1H. The van der Waals surface area contributed by atoms with Gasteiger partial charge in [0.1, 0.15) is 0 Å². The van der Waals surface area contributed by atoms with E-state index in [2.05, 4.69) is 22.8 Å². The Morgan fingerprint density at radius 3 is 2.57 bits per heavy atom. The number of nitrogens with zero attached hydrogens (tertiary/aromatic N) is 1. The van der Waals surface area contributed by atoms with Gasteiger partial charge in [-0.15, -0.1) is 12.4 Å². The van der Waals surface area contributed by atoms with Crippen LogP contribution in [0.1, 0.15) is 40.9 Å². The third-order valence-electron chi connectivity index (χ3n) is 4.86. The number of amides is 1. The number of nitrogens with one attached hydrogen (secondary N) is 2. The van der Waals surface area contributed by atoms with Gasteiger partial charge >= 0.3 is 0 Å². The van der Waals surface area contributed by atoms with Gasteiger partial charge in [0.05, 0.1) is 4.90 Å². The Labute approximate surface area is 172 Å². The lowest BCUT2D eigenvalue weighted by atomic mass is 10.1. The molecule has 6 nitrogen and oxygen atoms in total. The third kappa shape index (κ3) is 4.72. The molecule has 0 aliphatic carbocycles. The Hall–Kier alpha value is -1.93. The molecule has 3 rings (SSSR count). The van der Waals surface area contributed by atoms with E-state index in [1.54, 1.807) is 26.0 Å². The fourth-order valence-corrected chi connectivity index (χ4v) is 4.40. The largest absolute Gasteiger partial charge is 0.348 e. The highest BCUT2D eigenvalue weighted by Gasteiger charge is 2.23. The maximum absolute atomic E-state index is 12.6. The van der Waals surface area contributed by atoms with Crippen LogP contribution in [0.5, 0.6) is 0 Å². The molecule has 1 heterocycles. The van der Waals surface area contributed by atoms with E-state index in [0.29, 0.717) is 12.1 Å². The van der Waals surface area contributed by atoms with Crippen LogP contribution in [-0.2, 0) is 29.7 Å². The topological polar surface area (TPSA) is 78.5 Å². The molecular formula is C20H26ClN3O3S. The van der Waals surface area contributed by atoms with Crippen molar-refractivity contribution in [1.29, 1.82) is 0 Å². The summed E-state index contributed by atoms with van der Waals surface area (Å²) in [5.74, 6) is -0.294. The van der Waals surface area contributed by atoms with Gasteiger partial charge in [0.25, 0.3) is 5.91 Å². The van der Waals surface area contributed by atoms with Crippen LogP contribution in [-0.4, -0.2) is 31.7 Å².